The van der Waals surface area contributed by atoms with Crippen LogP contribution in [0.15, 0.2) is 18.2 Å². The number of benzene rings is 1. The number of carbonyl (C=O) groups is 1. The Labute approximate surface area is 121 Å². The summed E-state index contributed by atoms with van der Waals surface area (Å²) >= 11 is 9.86. The Kier molecular flexibility index (Phi) is 4.33. The van der Waals surface area contributed by atoms with Crippen LogP contribution in [-0.2, 0) is 0 Å². The van der Waals surface area contributed by atoms with E-state index in [-0.39, 0.29) is 5.91 Å². The first kappa shape index (κ1) is 13.9. The molecular formula is C14H17BrClNO. The van der Waals surface area contributed by atoms with Crippen LogP contribution < -0.4 is 0 Å². The largest absolute Gasteiger partial charge is 0.338 e. The minimum atomic E-state index is 0.0509. The van der Waals surface area contributed by atoms with Crippen molar-refractivity contribution in [1.82, 2.24) is 4.90 Å². The quantitative estimate of drug-likeness (QED) is 0.715. The van der Waals surface area contributed by atoms with Gasteiger partial charge >= 0.3 is 0 Å². The number of alkyl halides is 1. The third kappa shape index (κ3) is 2.72. The maximum atomic E-state index is 12.5. The second kappa shape index (κ2) is 5.62. The molecule has 1 aromatic rings. The maximum Gasteiger partial charge on any atom is 0.255 e. The van der Waals surface area contributed by atoms with Crippen molar-refractivity contribution in [3.05, 3.63) is 34.3 Å². The van der Waals surface area contributed by atoms with Gasteiger partial charge in [0, 0.05) is 17.9 Å². The molecule has 1 aliphatic rings. The molecule has 0 aromatic heterocycles. The molecule has 2 rings (SSSR count). The van der Waals surface area contributed by atoms with E-state index in [9.17, 15) is 4.79 Å². The van der Waals surface area contributed by atoms with E-state index >= 15 is 0 Å². The fourth-order valence-corrected chi connectivity index (χ4v) is 2.86. The van der Waals surface area contributed by atoms with Gasteiger partial charge in [-0.2, -0.15) is 0 Å². The summed E-state index contributed by atoms with van der Waals surface area (Å²) in [6.07, 6.45) is 0.996. The number of aryl methyl sites for hydroxylation is 1. The Morgan fingerprint density at radius 1 is 1.50 bits per heavy atom. The first-order chi connectivity index (χ1) is 8.50. The van der Waals surface area contributed by atoms with Gasteiger partial charge in [-0.15, -0.1) is 0 Å². The van der Waals surface area contributed by atoms with Crippen LogP contribution in [0.5, 0.6) is 0 Å². The zero-order valence-electron chi connectivity index (χ0n) is 10.6. The van der Waals surface area contributed by atoms with Crippen LogP contribution in [-0.4, -0.2) is 28.7 Å². The zero-order valence-corrected chi connectivity index (χ0v) is 13.0. The van der Waals surface area contributed by atoms with E-state index in [0.717, 1.165) is 25.1 Å². The third-order valence-corrected chi connectivity index (χ3v) is 5.37. The molecule has 1 fully saturated rings. The van der Waals surface area contributed by atoms with Gasteiger partial charge in [0.1, 0.15) is 0 Å². The Morgan fingerprint density at radius 2 is 2.22 bits per heavy atom. The first-order valence-corrected chi connectivity index (χ1v) is 7.48. The minimum absolute atomic E-state index is 0.0509. The predicted octanol–water partition coefficient (Wildman–Crippen LogP) is 3.89. The minimum Gasteiger partial charge on any atom is -0.338 e. The molecule has 1 aliphatic heterocycles. The summed E-state index contributed by atoms with van der Waals surface area (Å²) in [5, 5.41) is 0.580. The highest BCUT2D eigenvalue weighted by Crippen LogP contribution is 2.27. The van der Waals surface area contributed by atoms with E-state index < -0.39 is 0 Å². The monoisotopic (exact) mass is 329 g/mol. The van der Waals surface area contributed by atoms with Crippen molar-refractivity contribution in [2.75, 3.05) is 13.1 Å². The molecule has 0 radical (unpaired) electrons. The average molecular weight is 331 g/mol. The van der Waals surface area contributed by atoms with Gasteiger partial charge in [-0.1, -0.05) is 46.6 Å². The molecule has 4 heteroatoms. The highest BCUT2D eigenvalue weighted by atomic mass is 79.9. The molecule has 1 heterocycles. The van der Waals surface area contributed by atoms with E-state index in [2.05, 4.69) is 22.9 Å². The van der Waals surface area contributed by atoms with E-state index in [1.165, 1.54) is 0 Å². The van der Waals surface area contributed by atoms with Crippen LogP contribution in [0, 0.1) is 12.8 Å². The summed E-state index contributed by atoms with van der Waals surface area (Å²) < 4.78 is 0. The lowest BCUT2D eigenvalue weighted by Crippen LogP contribution is -2.43. The molecule has 2 unspecified atom stereocenters. The van der Waals surface area contributed by atoms with Crippen LogP contribution in [0.1, 0.15) is 29.3 Å². The molecule has 1 aromatic carbocycles. The molecule has 0 spiro atoms. The lowest BCUT2D eigenvalue weighted by molar-refractivity contribution is 0.0690. The number of rotatable bonds is 1. The van der Waals surface area contributed by atoms with Gasteiger partial charge in [-0.25, -0.2) is 0 Å². The molecule has 18 heavy (non-hydrogen) atoms. The molecule has 2 nitrogen and oxygen atoms in total. The highest BCUT2D eigenvalue weighted by Gasteiger charge is 2.28. The van der Waals surface area contributed by atoms with Gasteiger partial charge in [-0.3, -0.25) is 4.79 Å². The predicted molar refractivity (Wildman–Crippen MR) is 78.6 cm³/mol. The number of hydrogen-bond acceptors (Lipinski definition) is 1. The van der Waals surface area contributed by atoms with E-state index in [1.807, 2.05) is 30.0 Å². The molecule has 0 N–H and O–H groups in total. The maximum absolute atomic E-state index is 12.5. The Hall–Kier alpha value is -0.540. The van der Waals surface area contributed by atoms with Gasteiger partial charge in [0.25, 0.3) is 5.91 Å². The lowest BCUT2D eigenvalue weighted by atomic mass is 9.99. The molecule has 2 atom stereocenters. The van der Waals surface area contributed by atoms with E-state index in [0.29, 0.717) is 21.3 Å². The van der Waals surface area contributed by atoms with Crippen molar-refractivity contribution < 1.29 is 4.79 Å². The van der Waals surface area contributed by atoms with Crippen molar-refractivity contribution in [1.29, 1.82) is 0 Å². The summed E-state index contributed by atoms with van der Waals surface area (Å²) in [5.74, 6) is 0.529. The normalized spacial score (nSPS) is 24.1. The van der Waals surface area contributed by atoms with Crippen molar-refractivity contribution >= 4 is 33.4 Å². The summed E-state index contributed by atoms with van der Waals surface area (Å²) in [4.78, 5) is 14.9. The number of amides is 1. The first-order valence-electron chi connectivity index (χ1n) is 6.19. The Morgan fingerprint density at radius 3 is 2.89 bits per heavy atom. The number of hydrogen-bond donors (Lipinski definition) is 0. The summed E-state index contributed by atoms with van der Waals surface area (Å²) in [6, 6.07) is 5.62. The van der Waals surface area contributed by atoms with Crippen molar-refractivity contribution in [3.8, 4) is 0 Å². The molecule has 1 amide bonds. The van der Waals surface area contributed by atoms with Crippen molar-refractivity contribution in [2.24, 2.45) is 5.92 Å². The second-order valence-electron chi connectivity index (χ2n) is 4.97. The van der Waals surface area contributed by atoms with Gasteiger partial charge in [-0.05, 0) is 30.9 Å². The van der Waals surface area contributed by atoms with Gasteiger partial charge in [0.2, 0.25) is 0 Å². The average Bonchev–Trinajstić information content (AvgIpc) is 2.35. The zero-order chi connectivity index (χ0) is 13.3. The summed E-state index contributed by atoms with van der Waals surface area (Å²) in [7, 11) is 0. The number of halogens is 2. The van der Waals surface area contributed by atoms with Crippen molar-refractivity contribution in [3.63, 3.8) is 0 Å². The van der Waals surface area contributed by atoms with Gasteiger partial charge in [0.05, 0.1) is 10.6 Å². The number of nitrogens with zero attached hydrogens (tertiary/aromatic N) is 1. The molecule has 1 saturated heterocycles. The summed E-state index contributed by atoms with van der Waals surface area (Å²) in [5.41, 5.74) is 1.57. The van der Waals surface area contributed by atoms with Crippen molar-refractivity contribution in [2.45, 2.75) is 25.1 Å². The van der Waals surface area contributed by atoms with Crippen LogP contribution in [0.2, 0.25) is 5.02 Å². The van der Waals surface area contributed by atoms with Crippen LogP contribution in [0.25, 0.3) is 0 Å². The molecular weight excluding hydrogens is 314 g/mol. The van der Waals surface area contributed by atoms with Crippen LogP contribution >= 0.6 is 27.5 Å². The number of piperidine rings is 1. The van der Waals surface area contributed by atoms with E-state index in [4.69, 9.17) is 11.6 Å². The molecule has 0 bridgehead atoms. The van der Waals surface area contributed by atoms with E-state index in [1.54, 1.807) is 0 Å². The van der Waals surface area contributed by atoms with Gasteiger partial charge < -0.3 is 4.90 Å². The smallest absolute Gasteiger partial charge is 0.255 e. The SMILES string of the molecule is Cc1cccc(C(=O)N2CCC(Br)C(C)C2)c1Cl. The fraction of sp³-hybridized carbons (Fsp3) is 0.500. The second-order valence-corrected chi connectivity index (χ2v) is 6.52. The highest BCUT2D eigenvalue weighted by molar-refractivity contribution is 9.09. The third-order valence-electron chi connectivity index (χ3n) is 3.51. The van der Waals surface area contributed by atoms with Crippen LogP contribution in [0.4, 0.5) is 0 Å². The molecule has 0 aliphatic carbocycles. The number of likely N-dealkylation sites (tertiary alicyclic amines) is 1. The standard InChI is InChI=1S/C14H17BrClNO/c1-9-4-3-5-11(13(9)16)14(18)17-7-6-12(15)10(2)8-17/h3-5,10,12H,6-8H2,1-2H3. The Bertz CT molecular complexity index is 463. The molecule has 98 valence electrons. The van der Waals surface area contributed by atoms with Crippen LogP contribution in [0.3, 0.4) is 0 Å². The Balaban J connectivity index is 2.19. The fourth-order valence-electron chi connectivity index (χ4n) is 2.28. The summed E-state index contributed by atoms with van der Waals surface area (Å²) in [6.45, 7) is 5.67. The van der Waals surface area contributed by atoms with Gasteiger partial charge in [0.15, 0.2) is 0 Å². The molecule has 0 saturated carbocycles. The number of carbonyl (C=O) groups excluding carboxylic acids is 1. The topological polar surface area (TPSA) is 20.3 Å². The lowest BCUT2D eigenvalue weighted by Gasteiger charge is -2.34.